The van der Waals surface area contributed by atoms with Crippen molar-refractivity contribution in [3.05, 3.63) is 29.6 Å². The molecule has 0 spiro atoms. The first kappa shape index (κ1) is 9.96. The highest BCUT2D eigenvalue weighted by molar-refractivity contribution is 5.68. The molecule has 2 rings (SSSR count). The number of carbonyl (C=O) groups excluding carboxylic acids is 1. The molecule has 1 aromatic carbocycles. The first-order valence-electron chi connectivity index (χ1n) is 4.76. The van der Waals surface area contributed by atoms with Crippen molar-refractivity contribution in [1.29, 1.82) is 0 Å². The van der Waals surface area contributed by atoms with Crippen LogP contribution in [0.1, 0.15) is 12.5 Å². The van der Waals surface area contributed by atoms with E-state index in [-0.39, 0.29) is 18.0 Å². The standard InChI is InChI=1S/C11H12FNO2/c1-7(14)15-11-6-8-5-9(12)3-4-10(8)13(11)2/h3-5,11H,6H2,1-2H3. The molecule has 3 nitrogen and oxygen atoms in total. The summed E-state index contributed by atoms with van der Waals surface area (Å²) in [5.41, 5.74) is 1.80. The molecule has 4 heteroatoms. The fraction of sp³-hybridized carbons (Fsp3) is 0.364. The molecule has 0 amide bonds. The molecular formula is C11H12FNO2. The van der Waals surface area contributed by atoms with Crippen molar-refractivity contribution in [2.75, 3.05) is 11.9 Å². The highest BCUT2D eigenvalue weighted by Crippen LogP contribution is 2.31. The van der Waals surface area contributed by atoms with Crippen LogP contribution in [-0.2, 0) is 16.0 Å². The zero-order valence-electron chi connectivity index (χ0n) is 8.66. The molecule has 80 valence electrons. The third kappa shape index (κ3) is 1.79. The zero-order valence-corrected chi connectivity index (χ0v) is 8.66. The molecule has 1 heterocycles. The highest BCUT2D eigenvalue weighted by Gasteiger charge is 2.28. The maximum atomic E-state index is 13.0. The molecule has 0 saturated heterocycles. The number of carbonyl (C=O) groups is 1. The zero-order chi connectivity index (χ0) is 11.0. The summed E-state index contributed by atoms with van der Waals surface area (Å²) in [4.78, 5) is 12.7. The smallest absolute Gasteiger partial charge is 0.304 e. The second kappa shape index (κ2) is 3.53. The molecule has 1 aliphatic heterocycles. The van der Waals surface area contributed by atoms with Crippen LogP contribution >= 0.6 is 0 Å². The largest absolute Gasteiger partial charge is 0.441 e. The fourth-order valence-corrected chi connectivity index (χ4v) is 1.85. The topological polar surface area (TPSA) is 29.5 Å². The van der Waals surface area contributed by atoms with E-state index >= 15 is 0 Å². The average Bonchev–Trinajstić information content (AvgIpc) is 2.42. The summed E-state index contributed by atoms with van der Waals surface area (Å²) in [6.07, 6.45) is 0.239. The van der Waals surface area contributed by atoms with E-state index in [4.69, 9.17) is 4.74 Å². The molecule has 1 atom stereocenters. The number of nitrogens with zero attached hydrogens (tertiary/aromatic N) is 1. The van der Waals surface area contributed by atoms with Crippen molar-refractivity contribution < 1.29 is 13.9 Å². The van der Waals surface area contributed by atoms with Crippen LogP contribution in [-0.4, -0.2) is 19.2 Å². The Labute approximate surface area is 87.5 Å². The Hall–Kier alpha value is -1.58. The monoisotopic (exact) mass is 209 g/mol. The molecule has 0 radical (unpaired) electrons. The number of benzene rings is 1. The molecule has 0 aliphatic carbocycles. The Morgan fingerprint density at radius 3 is 3.00 bits per heavy atom. The maximum absolute atomic E-state index is 13.0. The van der Waals surface area contributed by atoms with Crippen LogP contribution in [0.2, 0.25) is 0 Å². The van der Waals surface area contributed by atoms with E-state index in [2.05, 4.69) is 0 Å². The van der Waals surface area contributed by atoms with Crippen LogP contribution in [0.3, 0.4) is 0 Å². The summed E-state index contributed by atoms with van der Waals surface area (Å²) in [7, 11) is 1.83. The Balaban J connectivity index is 2.25. The minimum absolute atomic E-state index is 0.259. The van der Waals surface area contributed by atoms with Gasteiger partial charge in [0.05, 0.1) is 0 Å². The van der Waals surface area contributed by atoms with Gasteiger partial charge in [0, 0.05) is 26.1 Å². The molecular weight excluding hydrogens is 197 g/mol. The first-order valence-corrected chi connectivity index (χ1v) is 4.76. The van der Waals surface area contributed by atoms with Crippen LogP contribution in [0, 0.1) is 5.82 Å². The molecule has 0 saturated carbocycles. The molecule has 0 N–H and O–H groups in total. The fourth-order valence-electron chi connectivity index (χ4n) is 1.85. The summed E-state index contributed by atoms with van der Waals surface area (Å²) in [6.45, 7) is 1.37. The number of hydrogen-bond acceptors (Lipinski definition) is 3. The average molecular weight is 209 g/mol. The molecule has 0 fully saturated rings. The molecule has 0 aromatic heterocycles. The van der Waals surface area contributed by atoms with Crippen molar-refractivity contribution in [2.45, 2.75) is 19.6 Å². The molecule has 15 heavy (non-hydrogen) atoms. The third-order valence-corrected chi connectivity index (χ3v) is 2.55. The van der Waals surface area contributed by atoms with Crippen molar-refractivity contribution >= 4 is 11.7 Å². The number of likely N-dealkylation sites (N-methyl/N-ethyl adjacent to an activating group) is 1. The highest BCUT2D eigenvalue weighted by atomic mass is 19.1. The van der Waals surface area contributed by atoms with Crippen LogP contribution in [0.15, 0.2) is 18.2 Å². The Kier molecular flexibility index (Phi) is 2.34. The lowest BCUT2D eigenvalue weighted by molar-refractivity contribution is -0.145. The second-order valence-corrected chi connectivity index (χ2v) is 3.65. The summed E-state index contributed by atoms with van der Waals surface area (Å²) in [5.74, 6) is -0.578. The second-order valence-electron chi connectivity index (χ2n) is 3.65. The first-order chi connectivity index (χ1) is 7.08. The summed E-state index contributed by atoms with van der Waals surface area (Å²) >= 11 is 0. The van der Waals surface area contributed by atoms with Gasteiger partial charge in [-0.25, -0.2) is 4.39 Å². The van der Waals surface area contributed by atoms with Crippen LogP contribution in [0.25, 0.3) is 0 Å². The van der Waals surface area contributed by atoms with E-state index in [0.29, 0.717) is 6.42 Å². The van der Waals surface area contributed by atoms with Gasteiger partial charge in [-0.1, -0.05) is 0 Å². The van der Waals surface area contributed by atoms with E-state index in [9.17, 15) is 9.18 Å². The van der Waals surface area contributed by atoms with Crippen molar-refractivity contribution in [3.63, 3.8) is 0 Å². The van der Waals surface area contributed by atoms with Crippen LogP contribution in [0.5, 0.6) is 0 Å². The Bertz CT molecular complexity index is 406. The number of esters is 1. The van der Waals surface area contributed by atoms with Gasteiger partial charge in [0.1, 0.15) is 5.82 Å². The number of halogens is 1. The maximum Gasteiger partial charge on any atom is 0.304 e. The van der Waals surface area contributed by atoms with Gasteiger partial charge in [0.15, 0.2) is 6.23 Å². The Morgan fingerprint density at radius 2 is 2.33 bits per heavy atom. The van der Waals surface area contributed by atoms with E-state index in [0.717, 1.165) is 11.3 Å². The minimum atomic E-state index is -0.319. The van der Waals surface area contributed by atoms with Crippen molar-refractivity contribution in [2.24, 2.45) is 0 Å². The van der Waals surface area contributed by atoms with E-state index in [1.165, 1.54) is 19.1 Å². The van der Waals surface area contributed by atoms with E-state index in [1.807, 2.05) is 11.9 Å². The van der Waals surface area contributed by atoms with Gasteiger partial charge in [0.25, 0.3) is 0 Å². The predicted molar refractivity (Wildman–Crippen MR) is 54.1 cm³/mol. The summed E-state index contributed by atoms with van der Waals surface area (Å²) < 4.78 is 18.1. The summed E-state index contributed by atoms with van der Waals surface area (Å²) in [6, 6.07) is 4.59. The minimum Gasteiger partial charge on any atom is -0.441 e. The molecule has 0 bridgehead atoms. The molecule has 1 aromatic rings. The van der Waals surface area contributed by atoms with Crippen LogP contribution < -0.4 is 4.90 Å². The lowest BCUT2D eigenvalue weighted by Gasteiger charge is -2.21. The van der Waals surface area contributed by atoms with Gasteiger partial charge in [-0.05, 0) is 23.8 Å². The van der Waals surface area contributed by atoms with Crippen molar-refractivity contribution in [3.8, 4) is 0 Å². The van der Waals surface area contributed by atoms with Crippen LogP contribution in [0.4, 0.5) is 10.1 Å². The van der Waals surface area contributed by atoms with E-state index in [1.54, 1.807) is 6.07 Å². The number of fused-ring (bicyclic) bond motifs is 1. The summed E-state index contributed by atoms with van der Waals surface area (Å²) in [5, 5.41) is 0. The van der Waals surface area contributed by atoms with Gasteiger partial charge in [-0.2, -0.15) is 0 Å². The van der Waals surface area contributed by atoms with Gasteiger partial charge >= 0.3 is 5.97 Å². The SMILES string of the molecule is CC(=O)OC1Cc2cc(F)ccc2N1C. The van der Waals surface area contributed by atoms with Gasteiger partial charge in [-0.15, -0.1) is 0 Å². The van der Waals surface area contributed by atoms with Crippen molar-refractivity contribution in [1.82, 2.24) is 0 Å². The predicted octanol–water partition coefficient (Wildman–Crippen LogP) is 1.71. The normalized spacial score (nSPS) is 18.9. The lowest BCUT2D eigenvalue weighted by atomic mass is 10.1. The van der Waals surface area contributed by atoms with Gasteiger partial charge in [0.2, 0.25) is 0 Å². The molecule has 1 unspecified atom stereocenters. The number of rotatable bonds is 1. The van der Waals surface area contributed by atoms with E-state index < -0.39 is 0 Å². The van der Waals surface area contributed by atoms with Gasteiger partial charge < -0.3 is 9.64 Å². The lowest BCUT2D eigenvalue weighted by Crippen LogP contribution is -2.31. The number of anilines is 1. The quantitative estimate of drug-likeness (QED) is 0.659. The third-order valence-electron chi connectivity index (χ3n) is 2.55. The molecule has 1 aliphatic rings. The number of ether oxygens (including phenoxy) is 1. The van der Waals surface area contributed by atoms with Gasteiger partial charge in [-0.3, -0.25) is 4.79 Å². The number of hydrogen-bond donors (Lipinski definition) is 0. The Morgan fingerprint density at radius 1 is 1.60 bits per heavy atom.